The summed E-state index contributed by atoms with van der Waals surface area (Å²) in [5, 5.41) is 15.0. The van der Waals surface area contributed by atoms with Crippen molar-refractivity contribution in [3.8, 4) is 5.75 Å². The second-order valence-electron chi connectivity index (χ2n) is 6.86. The van der Waals surface area contributed by atoms with E-state index in [0.717, 1.165) is 16.8 Å². The first-order chi connectivity index (χ1) is 12.1. The molecular formula is C18H25N3O5. The van der Waals surface area contributed by atoms with Gasteiger partial charge < -0.3 is 25.3 Å². The molecule has 0 radical (unpaired) electrons. The van der Waals surface area contributed by atoms with Crippen LogP contribution in [0.5, 0.6) is 5.75 Å². The van der Waals surface area contributed by atoms with E-state index in [-0.39, 0.29) is 12.6 Å². The number of nitrogens with zero attached hydrogens (tertiary/aromatic N) is 1. The van der Waals surface area contributed by atoms with E-state index < -0.39 is 17.6 Å². The smallest absolute Gasteiger partial charge is 0.322 e. The van der Waals surface area contributed by atoms with Crippen molar-refractivity contribution < 1.29 is 24.2 Å². The molecule has 26 heavy (non-hydrogen) atoms. The zero-order chi connectivity index (χ0) is 19.5. The Labute approximate surface area is 152 Å². The third kappa shape index (κ3) is 4.32. The molecule has 1 aromatic carbocycles. The van der Waals surface area contributed by atoms with E-state index in [2.05, 4.69) is 10.6 Å². The van der Waals surface area contributed by atoms with Crippen molar-refractivity contribution in [3.05, 3.63) is 23.3 Å². The maximum absolute atomic E-state index is 12.1. The van der Waals surface area contributed by atoms with Crippen LogP contribution in [0, 0.1) is 13.8 Å². The van der Waals surface area contributed by atoms with Crippen molar-refractivity contribution in [3.63, 3.8) is 0 Å². The van der Waals surface area contributed by atoms with Gasteiger partial charge in [-0.2, -0.15) is 0 Å². The molecule has 8 nitrogen and oxygen atoms in total. The monoisotopic (exact) mass is 363 g/mol. The van der Waals surface area contributed by atoms with Gasteiger partial charge in [0.25, 0.3) is 5.91 Å². The van der Waals surface area contributed by atoms with Gasteiger partial charge in [-0.1, -0.05) is 6.07 Å². The fourth-order valence-corrected chi connectivity index (χ4v) is 2.76. The number of aryl methyl sites for hydroxylation is 1. The molecule has 2 rings (SSSR count). The van der Waals surface area contributed by atoms with Gasteiger partial charge in [0.15, 0.2) is 6.61 Å². The van der Waals surface area contributed by atoms with E-state index in [0.29, 0.717) is 25.1 Å². The number of urea groups is 1. The van der Waals surface area contributed by atoms with Crippen molar-refractivity contribution in [1.29, 1.82) is 0 Å². The lowest BCUT2D eigenvalue weighted by Gasteiger charge is -2.25. The number of carbonyl (C=O) groups is 3. The zero-order valence-electron chi connectivity index (χ0n) is 15.5. The zero-order valence-corrected chi connectivity index (χ0v) is 15.5. The minimum absolute atomic E-state index is 0.167. The first-order valence-corrected chi connectivity index (χ1v) is 8.40. The standard InChI is InChI=1S/C18H25N3O5/c1-11-5-6-13(21-8-7-19-17(21)24)12(2)16(11)26-10-15(23)20-14(9-22)18(3,4)25/h5-6,9,14,25H,7-8,10H2,1-4H3,(H,19,24)(H,20,23)/t14-/m1/s1. The molecule has 0 aromatic heterocycles. The van der Waals surface area contributed by atoms with Crippen molar-refractivity contribution in [2.24, 2.45) is 0 Å². The molecule has 1 heterocycles. The Kier molecular flexibility index (Phi) is 5.86. The number of anilines is 1. The highest BCUT2D eigenvalue weighted by Crippen LogP contribution is 2.32. The van der Waals surface area contributed by atoms with Gasteiger partial charge in [0.2, 0.25) is 0 Å². The quantitative estimate of drug-likeness (QED) is 0.617. The molecule has 142 valence electrons. The Hall–Kier alpha value is -2.61. The number of nitrogens with one attached hydrogen (secondary N) is 2. The average Bonchev–Trinajstić information content (AvgIpc) is 2.97. The Bertz CT molecular complexity index is 712. The largest absolute Gasteiger partial charge is 0.483 e. The van der Waals surface area contributed by atoms with Crippen LogP contribution in [0.2, 0.25) is 0 Å². The highest BCUT2D eigenvalue weighted by molar-refractivity contribution is 5.95. The van der Waals surface area contributed by atoms with E-state index in [9.17, 15) is 19.5 Å². The van der Waals surface area contributed by atoms with E-state index >= 15 is 0 Å². The first kappa shape index (κ1) is 19.7. The molecule has 1 aliphatic heterocycles. The average molecular weight is 363 g/mol. The predicted molar refractivity (Wildman–Crippen MR) is 96.4 cm³/mol. The summed E-state index contributed by atoms with van der Waals surface area (Å²) in [6.45, 7) is 7.38. The van der Waals surface area contributed by atoms with Crippen LogP contribution < -0.4 is 20.3 Å². The third-order valence-electron chi connectivity index (χ3n) is 4.28. The summed E-state index contributed by atoms with van der Waals surface area (Å²) >= 11 is 0. The molecule has 3 N–H and O–H groups in total. The normalized spacial score (nSPS) is 15.4. The van der Waals surface area contributed by atoms with Crippen molar-refractivity contribution in [2.45, 2.75) is 39.3 Å². The maximum atomic E-state index is 12.1. The summed E-state index contributed by atoms with van der Waals surface area (Å²) < 4.78 is 5.65. The second kappa shape index (κ2) is 7.74. The molecular weight excluding hydrogens is 338 g/mol. The molecule has 0 bridgehead atoms. The second-order valence-corrected chi connectivity index (χ2v) is 6.86. The molecule has 1 saturated heterocycles. The number of ether oxygens (including phenoxy) is 1. The molecule has 8 heteroatoms. The van der Waals surface area contributed by atoms with Crippen LogP contribution in [0.1, 0.15) is 25.0 Å². The van der Waals surface area contributed by atoms with Crippen molar-refractivity contribution in [1.82, 2.24) is 10.6 Å². The van der Waals surface area contributed by atoms with Gasteiger partial charge in [0.1, 0.15) is 18.1 Å². The van der Waals surface area contributed by atoms with Gasteiger partial charge in [-0.25, -0.2) is 4.79 Å². The van der Waals surface area contributed by atoms with E-state index in [4.69, 9.17) is 4.74 Å². The number of amides is 3. The van der Waals surface area contributed by atoms with E-state index in [1.165, 1.54) is 13.8 Å². The molecule has 1 fully saturated rings. The van der Waals surface area contributed by atoms with Gasteiger partial charge >= 0.3 is 6.03 Å². The van der Waals surface area contributed by atoms with Crippen LogP contribution in [0.4, 0.5) is 10.5 Å². The molecule has 0 unspecified atom stereocenters. The van der Waals surface area contributed by atoms with Gasteiger partial charge in [0.05, 0.1) is 11.3 Å². The summed E-state index contributed by atoms with van der Waals surface area (Å²) in [5.74, 6) is -0.00407. The van der Waals surface area contributed by atoms with Crippen molar-refractivity contribution >= 4 is 23.9 Å². The number of aldehydes is 1. The Morgan fingerprint density at radius 1 is 1.46 bits per heavy atom. The van der Waals surface area contributed by atoms with Gasteiger partial charge in [-0.05, 0) is 39.3 Å². The maximum Gasteiger partial charge on any atom is 0.322 e. The van der Waals surface area contributed by atoms with Gasteiger partial charge in [-0.3, -0.25) is 9.69 Å². The van der Waals surface area contributed by atoms with E-state index in [1.54, 1.807) is 4.90 Å². The summed E-state index contributed by atoms with van der Waals surface area (Å²) in [4.78, 5) is 36.6. The summed E-state index contributed by atoms with van der Waals surface area (Å²) in [7, 11) is 0. The Morgan fingerprint density at radius 2 is 2.15 bits per heavy atom. The number of carbonyl (C=O) groups excluding carboxylic acids is 3. The third-order valence-corrected chi connectivity index (χ3v) is 4.28. The molecule has 3 amide bonds. The predicted octanol–water partition coefficient (Wildman–Crippen LogP) is 0.666. The molecule has 0 spiro atoms. The number of rotatable bonds is 7. The summed E-state index contributed by atoms with van der Waals surface area (Å²) in [6.07, 6.45) is 0.487. The fraction of sp³-hybridized carbons (Fsp3) is 0.500. The summed E-state index contributed by atoms with van der Waals surface area (Å²) in [6, 6.07) is 2.48. The van der Waals surface area contributed by atoms with Crippen LogP contribution in [-0.4, -0.2) is 54.7 Å². The number of benzene rings is 1. The highest BCUT2D eigenvalue weighted by Gasteiger charge is 2.28. The van der Waals surface area contributed by atoms with Crippen LogP contribution in [0.15, 0.2) is 12.1 Å². The van der Waals surface area contributed by atoms with Crippen molar-refractivity contribution in [2.75, 3.05) is 24.6 Å². The lowest BCUT2D eigenvalue weighted by Crippen LogP contribution is -2.51. The lowest BCUT2D eigenvalue weighted by atomic mass is 10.0. The number of hydrogen-bond acceptors (Lipinski definition) is 5. The van der Waals surface area contributed by atoms with Crippen LogP contribution in [0.3, 0.4) is 0 Å². The number of aliphatic hydroxyl groups is 1. The highest BCUT2D eigenvalue weighted by atomic mass is 16.5. The minimum Gasteiger partial charge on any atom is -0.483 e. The SMILES string of the molecule is Cc1ccc(N2CCNC2=O)c(C)c1OCC(=O)N[C@H](C=O)C(C)(C)O. The Morgan fingerprint density at radius 3 is 2.69 bits per heavy atom. The molecule has 1 aromatic rings. The molecule has 0 aliphatic carbocycles. The van der Waals surface area contributed by atoms with Crippen LogP contribution in [-0.2, 0) is 9.59 Å². The molecule has 1 atom stereocenters. The van der Waals surface area contributed by atoms with Crippen LogP contribution in [0.25, 0.3) is 0 Å². The Balaban J connectivity index is 2.11. The lowest BCUT2D eigenvalue weighted by molar-refractivity contribution is -0.129. The molecule has 1 aliphatic rings. The van der Waals surface area contributed by atoms with Crippen LogP contribution >= 0.6 is 0 Å². The first-order valence-electron chi connectivity index (χ1n) is 8.40. The van der Waals surface area contributed by atoms with Gasteiger partial charge in [-0.15, -0.1) is 0 Å². The van der Waals surface area contributed by atoms with Gasteiger partial charge in [0, 0.05) is 18.7 Å². The minimum atomic E-state index is -1.37. The van der Waals surface area contributed by atoms with E-state index in [1.807, 2.05) is 26.0 Å². The molecule has 0 saturated carbocycles. The topological polar surface area (TPSA) is 108 Å². The fourth-order valence-electron chi connectivity index (χ4n) is 2.76. The number of hydrogen-bond donors (Lipinski definition) is 3. The summed E-state index contributed by atoms with van der Waals surface area (Å²) in [5.41, 5.74) is 0.937.